The second kappa shape index (κ2) is 5.82. The zero-order valence-electron chi connectivity index (χ0n) is 10.3. The molecule has 3 N–H and O–H groups in total. The van der Waals surface area contributed by atoms with Gasteiger partial charge in [0.15, 0.2) is 0 Å². The van der Waals surface area contributed by atoms with E-state index >= 15 is 0 Å². The van der Waals surface area contributed by atoms with Crippen molar-refractivity contribution in [2.75, 3.05) is 24.6 Å². The van der Waals surface area contributed by atoms with Gasteiger partial charge in [0.25, 0.3) is 0 Å². The first-order chi connectivity index (χ1) is 7.63. The standard InChI is InChI=1S/C12H21N3O/c1-4-15(5-6-16)12-11(8-13)9(2)7-10(3)14-12/h7,16H,4-6,8,13H2,1-3H3. The molecule has 0 saturated carbocycles. The molecule has 0 aliphatic carbocycles. The number of anilines is 1. The van der Waals surface area contributed by atoms with Crippen LogP contribution >= 0.6 is 0 Å². The van der Waals surface area contributed by atoms with Crippen LogP contribution < -0.4 is 10.6 Å². The van der Waals surface area contributed by atoms with E-state index in [0.717, 1.165) is 23.6 Å². The van der Waals surface area contributed by atoms with Crippen LogP contribution in [0.15, 0.2) is 6.07 Å². The summed E-state index contributed by atoms with van der Waals surface area (Å²) in [5.74, 6) is 0.913. The lowest BCUT2D eigenvalue weighted by atomic mass is 10.1. The number of aryl methyl sites for hydroxylation is 2. The van der Waals surface area contributed by atoms with Gasteiger partial charge in [-0.3, -0.25) is 0 Å². The predicted molar refractivity (Wildman–Crippen MR) is 66.6 cm³/mol. The second-order valence-corrected chi connectivity index (χ2v) is 3.89. The second-order valence-electron chi connectivity index (χ2n) is 3.89. The van der Waals surface area contributed by atoms with E-state index in [9.17, 15) is 0 Å². The molecular formula is C12H21N3O. The molecule has 1 aromatic rings. The van der Waals surface area contributed by atoms with Crippen LogP contribution in [0.3, 0.4) is 0 Å². The maximum Gasteiger partial charge on any atom is 0.133 e. The van der Waals surface area contributed by atoms with E-state index in [0.29, 0.717) is 13.1 Å². The van der Waals surface area contributed by atoms with Crippen molar-refractivity contribution in [1.29, 1.82) is 0 Å². The summed E-state index contributed by atoms with van der Waals surface area (Å²) in [5, 5.41) is 9.03. The maximum atomic E-state index is 9.03. The Hall–Kier alpha value is -1.13. The summed E-state index contributed by atoms with van der Waals surface area (Å²) in [6, 6.07) is 2.04. The molecule has 0 bridgehead atoms. The van der Waals surface area contributed by atoms with Crippen LogP contribution in [0.2, 0.25) is 0 Å². The van der Waals surface area contributed by atoms with Crippen molar-refractivity contribution in [3.05, 3.63) is 22.9 Å². The monoisotopic (exact) mass is 223 g/mol. The van der Waals surface area contributed by atoms with Crippen LogP contribution in [0.25, 0.3) is 0 Å². The summed E-state index contributed by atoms with van der Waals surface area (Å²) >= 11 is 0. The number of nitrogens with zero attached hydrogens (tertiary/aromatic N) is 2. The van der Waals surface area contributed by atoms with Gasteiger partial charge in [-0.25, -0.2) is 4.98 Å². The van der Waals surface area contributed by atoms with Crippen LogP contribution in [-0.4, -0.2) is 29.8 Å². The van der Waals surface area contributed by atoms with Gasteiger partial charge in [-0.05, 0) is 32.4 Å². The molecule has 16 heavy (non-hydrogen) atoms. The molecule has 0 unspecified atom stereocenters. The minimum absolute atomic E-state index is 0.131. The molecule has 1 aromatic heterocycles. The summed E-state index contributed by atoms with van der Waals surface area (Å²) in [5.41, 5.74) is 8.99. The Labute approximate surface area is 97.1 Å². The number of rotatable bonds is 5. The lowest BCUT2D eigenvalue weighted by Crippen LogP contribution is -2.29. The van der Waals surface area contributed by atoms with Gasteiger partial charge >= 0.3 is 0 Å². The Kier molecular flexibility index (Phi) is 4.71. The molecule has 0 atom stereocenters. The van der Waals surface area contributed by atoms with Gasteiger partial charge in [-0.2, -0.15) is 0 Å². The molecule has 0 spiro atoms. The Morgan fingerprint density at radius 2 is 2.12 bits per heavy atom. The number of hydrogen-bond acceptors (Lipinski definition) is 4. The van der Waals surface area contributed by atoms with Gasteiger partial charge in [0.05, 0.1) is 6.61 Å². The topological polar surface area (TPSA) is 62.4 Å². The Balaban J connectivity index is 3.17. The molecule has 4 nitrogen and oxygen atoms in total. The van der Waals surface area contributed by atoms with E-state index in [4.69, 9.17) is 10.8 Å². The van der Waals surface area contributed by atoms with Gasteiger partial charge in [0, 0.05) is 30.9 Å². The SMILES string of the molecule is CCN(CCO)c1nc(C)cc(C)c1CN. The summed E-state index contributed by atoms with van der Waals surface area (Å²) in [7, 11) is 0. The number of pyridine rings is 1. The minimum Gasteiger partial charge on any atom is -0.395 e. The fourth-order valence-electron chi connectivity index (χ4n) is 1.89. The lowest BCUT2D eigenvalue weighted by Gasteiger charge is -2.24. The molecule has 0 radical (unpaired) electrons. The first kappa shape index (κ1) is 12.9. The third-order valence-electron chi connectivity index (χ3n) is 2.71. The Morgan fingerprint density at radius 3 is 2.62 bits per heavy atom. The third kappa shape index (κ3) is 2.71. The van der Waals surface area contributed by atoms with Crippen LogP contribution in [-0.2, 0) is 6.54 Å². The Bertz CT molecular complexity index is 352. The van der Waals surface area contributed by atoms with E-state index in [2.05, 4.69) is 16.8 Å². The van der Waals surface area contributed by atoms with Gasteiger partial charge in [0.2, 0.25) is 0 Å². The highest BCUT2D eigenvalue weighted by Crippen LogP contribution is 2.21. The molecule has 0 aliphatic heterocycles. The van der Waals surface area contributed by atoms with Crippen molar-refractivity contribution in [2.24, 2.45) is 5.73 Å². The van der Waals surface area contributed by atoms with Crippen molar-refractivity contribution < 1.29 is 5.11 Å². The van der Waals surface area contributed by atoms with Crippen LogP contribution in [0, 0.1) is 13.8 Å². The molecule has 4 heteroatoms. The van der Waals surface area contributed by atoms with Crippen molar-refractivity contribution in [3.8, 4) is 0 Å². The van der Waals surface area contributed by atoms with Crippen molar-refractivity contribution in [2.45, 2.75) is 27.3 Å². The summed E-state index contributed by atoms with van der Waals surface area (Å²) in [6.45, 7) is 8.11. The zero-order chi connectivity index (χ0) is 12.1. The summed E-state index contributed by atoms with van der Waals surface area (Å²) in [4.78, 5) is 6.59. The van der Waals surface area contributed by atoms with Crippen LogP contribution in [0.4, 0.5) is 5.82 Å². The molecule has 1 heterocycles. The van der Waals surface area contributed by atoms with Crippen molar-refractivity contribution >= 4 is 5.82 Å². The molecule has 0 saturated heterocycles. The van der Waals surface area contributed by atoms with Gasteiger partial charge in [-0.1, -0.05) is 0 Å². The number of aromatic nitrogens is 1. The van der Waals surface area contributed by atoms with Gasteiger partial charge in [0.1, 0.15) is 5.82 Å². The number of aliphatic hydroxyl groups is 1. The summed E-state index contributed by atoms with van der Waals surface area (Å²) in [6.07, 6.45) is 0. The van der Waals surface area contributed by atoms with Crippen molar-refractivity contribution in [1.82, 2.24) is 4.98 Å². The highest BCUT2D eigenvalue weighted by molar-refractivity contribution is 5.51. The fourth-order valence-corrected chi connectivity index (χ4v) is 1.89. The number of hydrogen-bond donors (Lipinski definition) is 2. The average molecular weight is 223 g/mol. The highest BCUT2D eigenvalue weighted by atomic mass is 16.3. The molecule has 90 valence electrons. The number of aliphatic hydroxyl groups excluding tert-OH is 1. The molecule has 0 fully saturated rings. The average Bonchev–Trinajstić information content (AvgIpc) is 2.25. The van der Waals surface area contributed by atoms with E-state index in [1.54, 1.807) is 0 Å². The minimum atomic E-state index is 0.131. The molecule has 1 rings (SSSR count). The fraction of sp³-hybridized carbons (Fsp3) is 0.583. The zero-order valence-corrected chi connectivity index (χ0v) is 10.3. The van der Waals surface area contributed by atoms with Crippen LogP contribution in [0.1, 0.15) is 23.7 Å². The van der Waals surface area contributed by atoms with Gasteiger partial charge in [-0.15, -0.1) is 0 Å². The van der Waals surface area contributed by atoms with Gasteiger partial charge < -0.3 is 15.7 Å². The number of likely N-dealkylation sites (N-methyl/N-ethyl adjacent to an activating group) is 1. The first-order valence-electron chi connectivity index (χ1n) is 5.67. The predicted octanol–water partition coefficient (Wildman–Crippen LogP) is 0.976. The van der Waals surface area contributed by atoms with Crippen molar-refractivity contribution in [3.63, 3.8) is 0 Å². The smallest absolute Gasteiger partial charge is 0.133 e. The van der Waals surface area contributed by atoms with E-state index in [1.807, 2.05) is 19.9 Å². The van der Waals surface area contributed by atoms with E-state index in [1.165, 1.54) is 5.56 Å². The highest BCUT2D eigenvalue weighted by Gasteiger charge is 2.12. The first-order valence-corrected chi connectivity index (χ1v) is 5.67. The summed E-state index contributed by atoms with van der Waals surface area (Å²) < 4.78 is 0. The third-order valence-corrected chi connectivity index (χ3v) is 2.71. The van der Waals surface area contributed by atoms with Crippen LogP contribution in [0.5, 0.6) is 0 Å². The Morgan fingerprint density at radius 1 is 1.44 bits per heavy atom. The quantitative estimate of drug-likeness (QED) is 0.781. The largest absolute Gasteiger partial charge is 0.395 e. The lowest BCUT2D eigenvalue weighted by molar-refractivity contribution is 0.302. The maximum absolute atomic E-state index is 9.03. The van der Waals surface area contributed by atoms with E-state index in [-0.39, 0.29) is 6.61 Å². The normalized spacial score (nSPS) is 10.6. The molecular weight excluding hydrogens is 202 g/mol. The van der Waals surface area contributed by atoms with E-state index < -0.39 is 0 Å². The molecule has 0 aliphatic rings. The molecule has 0 aromatic carbocycles. The number of nitrogens with two attached hydrogens (primary N) is 1. The molecule has 0 amide bonds.